The van der Waals surface area contributed by atoms with Gasteiger partial charge in [0.15, 0.2) is 0 Å². The average molecular weight is 293 g/mol. The molecule has 1 saturated carbocycles. The van der Waals surface area contributed by atoms with Crippen molar-refractivity contribution in [3.8, 4) is 0 Å². The molecular weight excluding hydrogens is 274 g/mol. The first-order valence-electron chi connectivity index (χ1n) is 6.76. The molecule has 0 unspecified atom stereocenters. The van der Waals surface area contributed by atoms with E-state index in [0.29, 0.717) is 0 Å². The fraction of sp³-hybridized carbons (Fsp3) is 0.500. The Morgan fingerprint density at radius 3 is 2.55 bits per heavy atom. The second-order valence-corrected chi connectivity index (χ2v) is 7.92. The molecule has 20 heavy (non-hydrogen) atoms. The van der Waals surface area contributed by atoms with Gasteiger partial charge in [0.05, 0.1) is 21.8 Å². The third-order valence-corrected chi connectivity index (χ3v) is 5.85. The van der Waals surface area contributed by atoms with Gasteiger partial charge in [0.25, 0.3) is 0 Å². The van der Waals surface area contributed by atoms with Gasteiger partial charge in [-0.05, 0) is 38.8 Å². The predicted molar refractivity (Wildman–Crippen MR) is 78.8 cm³/mol. The number of aromatic nitrogens is 2. The first kappa shape index (κ1) is 13.6. The minimum Gasteiger partial charge on any atom is -0.330 e. The highest BCUT2D eigenvalue weighted by Crippen LogP contribution is 2.31. The third-order valence-electron chi connectivity index (χ3n) is 3.71. The van der Waals surface area contributed by atoms with Crippen molar-refractivity contribution in [3.05, 3.63) is 30.1 Å². The molecule has 3 rings (SSSR count). The number of para-hydroxylation sites is 2. The van der Waals surface area contributed by atoms with E-state index >= 15 is 0 Å². The van der Waals surface area contributed by atoms with E-state index in [9.17, 15) is 8.42 Å². The van der Waals surface area contributed by atoms with Gasteiger partial charge in [-0.15, -0.1) is 0 Å². The predicted octanol–water partition coefficient (Wildman–Crippen LogP) is 1.89. The number of sulfonamides is 1. The van der Waals surface area contributed by atoms with Crippen LogP contribution in [0.3, 0.4) is 0 Å². The summed E-state index contributed by atoms with van der Waals surface area (Å²) in [5.41, 5.74) is 1.15. The summed E-state index contributed by atoms with van der Waals surface area (Å²) in [4.78, 5) is 4.58. The minimum atomic E-state index is -3.25. The second kappa shape index (κ2) is 4.30. The largest absolute Gasteiger partial charge is 0.330 e. The van der Waals surface area contributed by atoms with Gasteiger partial charge in [-0.25, -0.2) is 18.1 Å². The lowest BCUT2D eigenvalue weighted by Gasteiger charge is -2.25. The zero-order valence-electron chi connectivity index (χ0n) is 11.9. The highest BCUT2D eigenvalue weighted by molar-refractivity contribution is 7.90. The Balaban J connectivity index is 2.02. The Morgan fingerprint density at radius 2 is 1.95 bits per heavy atom. The van der Waals surface area contributed by atoms with Crippen molar-refractivity contribution < 1.29 is 8.42 Å². The number of rotatable bonds is 4. The lowest BCUT2D eigenvalue weighted by atomic mass is 10.1. The summed E-state index contributed by atoms with van der Waals surface area (Å²) in [6.07, 6.45) is 1.52. The van der Waals surface area contributed by atoms with Crippen LogP contribution in [0.1, 0.15) is 32.5 Å². The molecule has 0 amide bonds. The zero-order chi connectivity index (χ0) is 14.5. The van der Waals surface area contributed by atoms with Gasteiger partial charge in [0.1, 0.15) is 5.82 Å². The first-order chi connectivity index (χ1) is 9.31. The summed E-state index contributed by atoms with van der Waals surface area (Å²) in [5.74, 6) is 0.725. The van der Waals surface area contributed by atoms with Gasteiger partial charge in [0, 0.05) is 7.05 Å². The van der Waals surface area contributed by atoms with E-state index in [-0.39, 0.29) is 5.25 Å². The quantitative estimate of drug-likeness (QED) is 0.936. The molecule has 1 aliphatic rings. The number of hydrogen-bond donors (Lipinski definition) is 1. The fourth-order valence-corrected chi connectivity index (χ4v) is 4.29. The fourth-order valence-electron chi connectivity index (χ4n) is 2.57. The van der Waals surface area contributed by atoms with Crippen molar-refractivity contribution in [2.45, 2.75) is 37.5 Å². The monoisotopic (exact) mass is 293 g/mol. The summed E-state index contributed by atoms with van der Waals surface area (Å²) >= 11 is 0. The smallest absolute Gasteiger partial charge is 0.215 e. The van der Waals surface area contributed by atoms with Gasteiger partial charge in [-0.3, -0.25) is 0 Å². The summed E-state index contributed by atoms with van der Waals surface area (Å²) in [5, 5.41) is -0.226. The van der Waals surface area contributed by atoms with Crippen molar-refractivity contribution >= 4 is 21.1 Å². The maximum atomic E-state index is 12.2. The van der Waals surface area contributed by atoms with Gasteiger partial charge < -0.3 is 4.57 Å². The number of aryl methyl sites for hydroxylation is 1. The standard InChI is InChI=1S/C14H19N3O2S/c1-14(2,16-20(18,19)10-8-9-10)13-15-11-6-4-5-7-12(11)17(13)3/h4-7,10,16H,8-9H2,1-3H3. The lowest BCUT2D eigenvalue weighted by Crippen LogP contribution is -2.44. The highest BCUT2D eigenvalue weighted by Gasteiger charge is 2.40. The van der Waals surface area contributed by atoms with Crippen LogP contribution in [-0.4, -0.2) is 23.2 Å². The molecule has 6 heteroatoms. The van der Waals surface area contributed by atoms with Crippen LogP contribution in [-0.2, 0) is 22.6 Å². The van der Waals surface area contributed by atoms with Crippen LogP contribution < -0.4 is 4.72 Å². The van der Waals surface area contributed by atoms with Gasteiger partial charge in [0.2, 0.25) is 10.0 Å². The summed E-state index contributed by atoms with van der Waals surface area (Å²) in [7, 11) is -1.34. The first-order valence-corrected chi connectivity index (χ1v) is 8.30. The molecule has 1 N–H and O–H groups in total. The van der Waals surface area contributed by atoms with Crippen LogP contribution in [0, 0.1) is 0 Å². The molecule has 108 valence electrons. The molecule has 1 aromatic carbocycles. The lowest BCUT2D eigenvalue weighted by molar-refractivity contribution is 0.435. The second-order valence-electron chi connectivity index (χ2n) is 5.95. The van der Waals surface area contributed by atoms with Crippen LogP contribution in [0.25, 0.3) is 11.0 Å². The number of nitrogens with one attached hydrogen (secondary N) is 1. The molecular formula is C14H19N3O2S. The number of nitrogens with zero attached hydrogens (tertiary/aromatic N) is 2. The molecule has 0 bridgehead atoms. The average Bonchev–Trinajstić information content (AvgIpc) is 3.15. The van der Waals surface area contributed by atoms with Gasteiger partial charge in [-0.2, -0.15) is 0 Å². The molecule has 1 aromatic heterocycles. The van der Waals surface area contributed by atoms with E-state index < -0.39 is 15.6 Å². The Bertz CT molecular complexity index is 758. The summed E-state index contributed by atoms with van der Waals surface area (Å²) in [6, 6.07) is 7.80. The Hall–Kier alpha value is -1.40. The molecule has 0 spiro atoms. The molecule has 1 heterocycles. The van der Waals surface area contributed by atoms with E-state index in [2.05, 4.69) is 9.71 Å². The molecule has 1 fully saturated rings. The SMILES string of the molecule is Cn1c(C(C)(C)NS(=O)(=O)C2CC2)nc2ccccc21. The number of fused-ring (bicyclic) bond motifs is 1. The topological polar surface area (TPSA) is 64.0 Å². The van der Waals surface area contributed by atoms with Crippen LogP contribution in [0.5, 0.6) is 0 Å². The van der Waals surface area contributed by atoms with E-state index in [1.54, 1.807) is 0 Å². The van der Waals surface area contributed by atoms with Crippen molar-refractivity contribution in [2.24, 2.45) is 7.05 Å². The van der Waals surface area contributed by atoms with Crippen molar-refractivity contribution in [2.75, 3.05) is 0 Å². The number of imidazole rings is 1. The van der Waals surface area contributed by atoms with Crippen LogP contribution in [0.2, 0.25) is 0 Å². The third kappa shape index (κ3) is 2.23. The molecule has 0 radical (unpaired) electrons. The van der Waals surface area contributed by atoms with E-state index in [4.69, 9.17) is 0 Å². The normalized spacial score (nSPS) is 16.8. The molecule has 0 aliphatic heterocycles. The van der Waals surface area contributed by atoms with E-state index in [0.717, 1.165) is 29.7 Å². The van der Waals surface area contributed by atoms with Crippen molar-refractivity contribution in [3.63, 3.8) is 0 Å². The van der Waals surface area contributed by atoms with Crippen molar-refractivity contribution in [1.29, 1.82) is 0 Å². The molecule has 1 aliphatic carbocycles. The summed E-state index contributed by atoms with van der Waals surface area (Å²) in [6.45, 7) is 3.71. The Labute approximate surface area is 119 Å². The minimum absolute atomic E-state index is 0.226. The maximum Gasteiger partial charge on any atom is 0.215 e. The van der Waals surface area contributed by atoms with Crippen LogP contribution in [0.4, 0.5) is 0 Å². The molecule has 5 nitrogen and oxygen atoms in total. The Kier molecular flexibility index (Phi) is 2.92. The van der Waals surface area contributed by atoms with Gasteiger partial charge >= 0.3 is 0 Å². The maximum absolute atomic E-state index is 12.2. The number of hydrogen-bond acceptors (Lipinski definition) is 3. The van der Waals surface area contributed by atoms with E-state index in [1.165, 1.54) is 0 Å². The molecule has 2 aromatic rings. The summed E-state index contributed by atoms with van der Waals surface area (Å²) < 4.78 is 29.1. The van der Waals surface area contributed by atoms with Crippen LogP contribution >= 0.6 is 0 Å². The Morgan fingerprint density at radius 1 is 1.30 bits per heavy atom. The molecule has 0 atom stereocenters. The van der Waals surface area contributed by atoms with Gasteiger partial charge in [-0.1, -0.05) is 12.1 Å². The zero-order valence-corrected chi connectivity index (χ0v) is 12.7. The van der Waals surface area contributed by atoms with Crippen molar-refractivity contribution in [1.82, 2.24) is 14.3 Å². The highest BCUT2D eigenvalue weighted by atomic mass is 32.2. The van der Waals surface area contributed by atoms with Crippen LogP contribution in [0.15, 0.2) is 24.3 Å². The molecule has 0 saturated heterocycles. The number of benzene rings is 1. The van der Waals surface area contributed by atoms with E-state index in [1.807, 2.05) is 49.7 Å².